The zero-order chi connectivity index (χ0) is 30.8. The highest BCUT2D eigenvalue weighted by Crippen LogP contribution is 2.71. The highest BCUT2D eigenvalue weighted by atomic mass is 16.2. The zero-order valence-corrected chi connectivity index (χ0v) is 26.5. The molecular weight excluding hydrogens is 536 g/mol. The van der Waals surface area contributed by atoms with Crippen molar-refractivity contribution in [3.05, 3.63) is 71.7 Å². The number of fused-ring (bicyclic) bond motifs is 2. The number of piperidine rings is 1. The first-order valence-corrected chi connectivity index (χ1v) is 15.6. The summed E-state index contributed by atoms with van der Waals surface area (Å²) in [6.07, 6.45) is 1.58. The largest absolute Gasteiger partial charge is 0.360 e. The van der Waals surface area contributed by atoms with Crippen molar-refractivity contribution in [1.29, 1.82) is 0 Å². The maximum atomic E-state index is 14.1. The lowest BCUT2D eigenvalue weighted by molar-refractivity contribution is -0.134. The number of carbonyl (C=O) groups excluding carboxylic acids is 2. The number of para-hydroxylation sites is 2. The Balaban J connectivity index is 0.00000161. The number of aryl methyl sites for hydroxylation is 2. The van der Waals surface area contributed by atoms with Crippen molar-refractivity contribution in [2.75, 3.05) is 13.1 Å². The molecule has 43 heavy (non-hydrogen) atoms. The maximum absolute atomic E-state index is 14.1. The maximum Gasteiger partial charge on any atom is 0.268 e. The summed E-state index contributed by atoms with van der Waals surface area (Å²) in [6.45, 7) is 20.5. The molecule has 0 bridgehead atoms. The number of H-pyrrole nitrogens is 2. The van der Waals surface area contributed by atoms with Gasteiger partial charge in [0.1, 0.15) is 11.7 Å². The first-order valence-electron chi connectivity index (χ1n) is 15.6. The number of aromatic amines is 2. The smallest absolute Gasteiger partial charge is 0.268 e. The van der Waals surface area contributed by atoms with Crippen molar-refractivity contribution in [2.45, 2.75) is 78.9 Å². The average Bonchev–Trinajstić information content (AvgIpc) is 3.29. The third kappa shape index (κ3) is 4.45. The molecule has 3 fully saturated rings. The molecule has 4 heterocycles. The fraction of sp³-hybridized carbons (Fsp3) is 0.457. The Morgan fingerprint density at radius 2 is 1.79 bits per heavy atom. The summed E-state index contributed by atoms with van der Waals surface area (Å²) in [6, 6.07) is 13.6. The number of hydrogen-bond donors (Lipinski definition) is 3. The van der Waals surface area contributed by atoms with Crippen molar-refractivity contribution in [2.24, 2.45) is 11.3 Å². The van der Waals surface area contributed by atoms with Gasteiger partial charge in [-0.15, -0.1) is 0 Å². The second kappa shape index (κ2) is 10.3. The lowest BCUT2D eigenvalue weighted by Crippen LogP contribution is -2.67. The first-order chi connectivity index (χ1) is 20.5. The molecule has 8 heteroatoms. The number of nitrogens with zero attached hydrogens (tertiary/aromatic N) is 3. The molecule has 226 valence electrons. The zero-order valence-electron chi connectivity index (χ0n) is 26.5. The van der Waals surface area contributed by atoms with E-state index in [9.17, 15) is 9.59 Å². The standard InChI is InChI=1S/C33H38N6O2.C2H6/c1-18(2)11-27(37-30(40)26-14-22-12-19(3)20(4)13-25(22)34-26)31(41)38-16-32(6)33(15-28(33)38)17-39(32)21(5)29-35-23-9-7-8-10-24(23)36-29;1-2/h7-10,12-14,18,27-28,34H,5,11,15-17H2,1-4,6H3,(H,35,36)(H,37,40);1-2H3/t27-,28?,32+,33?;/m0./s1. The molecule has 2 aromatic carbocycles. The summed E-state index contributed by atoms with van der Waals surface area (Å²) in [5.41, 5.74) is 6.42. The molecule has 4 aromatic rings. The fourth-order valence-electron chi connectivity index (χ4n) is 7.43. The van der Waals surface area contributed by atoms with E-state index < -0.39 is 6.04 Å². The van der Waals surface area contributed by atoms with Gasteiger partial charge in [0.15, 0.2) is 5.82 Å². The van der Waals surface area contributed by atoms with E-state index in [1.54, 1.807) is 0 Å². The molecular formula is C35H44N6O2. The Kier molecular flexibility index (Phi) is 6.94. The van der Waals surface area contributed by atoms with Crippen LogP contribution in [0.4, 0.5) is 0 Å². The molecule has 2 aliphatic heterocycles. The van der Waals surface area contributed by atoms with Crippen molar-refractivity contribution in [3.8, 4) is 0 Å². The monoisotopic (exact) mass is 580 g/mol. The van der Waals surface area contributed by atoms with Crippen LogP contribution in [-0.4, -0.2) is 67.3 Å². The van der Waals surface area contributed by atoms with E-state index in [1.165, 1.54) is 11.1 Å². The molecule has 1 spiro atoms. The van der Waals surface area contributed by atoms with Crippen LogP contribution in [0.25, 0.3) is 27.6 Å². The molecule has 2 amide bonds. The van der Waals surface area contributed by atoms with E-state index in [2.05, 4.69) is 73.5 Å². The summed E-state index contributed by atoms with van der Waals surface area (Å²) in [7, 11) is 0. The number of aromatic nitrogens is 3. The van der Waals surface area contributed by atoms with E-state index in [-0.39, 0.29) is 34.7 Å². The van der Waals surface area contributed by atoms with Crippen LogP contribution in [-0.2, 0) is 4.79 Å². The van der Waals surface area contributed by atoms with Gasteiger partial charge in [-0.05, 0) is 81.0 Å². The van der Waals surface area contributed by atoms with Crippen LogP contribution >= 0.6 is 0 Å². The van der Waals surface area contributed by atoms with Gasteiger partial charge in [-0.3, -0.25) is 9.59 Å². The Bertz CT molecular complexity index is 1680. The van der Waals surface area contributed by atoms with Gasteiger partial charge >= 0.3 is 0 Å². The minimum Gasteiger partial charge on any atom is -0.360 e. The summed E-state index contributed by atoms with van der Waals surface area (Å²) in [5, 5.41) is 4.10. The Morgan fingerprint density at radius 3 is 2.51 bits per heavy atom. The van der Waals surface area contributed by atoms with Gasteiger partial charge in [-0.1, -0.05) is 46.4 Å². The normalized spacial score (nSPS) is 24.2. The molecule has 2 aromatic heterocycles. The second-order valence-corrected chi connectivity index (χ2v) is 13.1. The molecule has 8 nitrogen and oxygen atoms in total. The van der Waals surface area contributed by atoms with Crippen LogP contribution in [0.2, 0.25) is 0 Å². The number of imidazole rings is 1. The molecule has 2 saturated heterocycles. The molecule has 2 unspecified atom stereocenters. The third-order valence-electron chi connectivity index (χ3n) is 10.1. The summed E-state index contributed by atoms with van der Waals surface area (Å²) in [4.78, 5) is 43.3. The number of hydrogen-bond acceptors (Lipinski definition) is 4. The average molecular weight is 581 g/mol. The summed E-state index contributed by atoms with van der Waals surface area (Å²) >= 11 is 0. The molecule has 1 aliphatic carbocycles. The van der Waals surface area contributed by atoms with E-state index >= 15 is 0 Å². The van der Waals surface area contributed by atoms with Gasteiger partial charge in [-0.2, -0.15) is 0 Å². The van der Waals surface area contributed by atoms with Crippen molar-refractivity contribution in [3.63, 3.8) is 0 Å². The van der Waals surface area contributed by atoms with Gasteiger partial charge in [0.25, 0.3) is 5.91 Å². The Labute approximate surface area is 253 Å². The van der Waals surface area contributed by atoms with Crippen LogP contribution in [0.5, 0.6) is 0 Å². The van der Waals surface area contributed by atoms with Crippen LogP contribution in [0.3, 0.4) is 0 Å². The molecule has 0 radical (unpaired) electrons. The molecule has 3 N–H and O–H groups in total. The van der Waals surface area contributed by atoms with Gasteiger partial charge in [0, 0.05) is 35.4 Å². The lowest BCUT2D eigenvalue weighted by atomic mass is 9.73. The summed E-state index contributed by atoms with van der Waals surface area (Å²) < 4.78 is 0. The Morgan fingerprint density at radius 1 is 1.07 bits per heavy atom. The number of carbonyl (C=O) groups is 2. The fourth-order valence-corrected chi connectivity index (χ4v) is 7.43. The highest BCUT2D eigenvalue weighted by Gasteiger charge is 2.81. The highest BCUT2D eigenvalue weighted by molar-refractivity contribution is 6.00. The van der Waals surface area contributed by atoms with E-state index in [1.807, 2.05) is 49.1 Å². The van der Waals surface area contributed by atoms with Crippen LogP contribution < -0.4 is 5.32 Å². The van der Waals surface area contributed by atoms with Gasteiger partial charge in [0.2, 0.25) is 5.91 Å². The van der Waals surface area contributed by atoms with Crippen LogP contribution in [0.15, 0.2) is 49.0 Å². The molecule has 1 saturated carbocycles. The number of amides is 2. The topological polar surface area (TPSA) is 97.1 Å². The second-order valence-electron chi connectivity index (χ2n) is 13.1. The van der Waals surface area contributed by atoms with E-state index in [0.717, 1.165) is 46.4 Å². The number of nitrogens with one attached hydrogen (secondary N) is 3. The number of rotatable bonds is 7. The van der Waals surface area contributed by atoms with Gasteiger partial charge < -0.3 is 25.1 Å². The lowest BCUT2D eigenvalue weighted by Gasteiger charge is -2.57. The third-order valence-corrected chi connectivity index (χ3v) is 10.1. The minimum absolute atomic E-state index is 0.0154. The molecule has 3 aliphatic rings. The first kappa shape index (κ1) is 29.0. The SMILES string of the molecule is C=C(c1nc2ccccc2[nH]1)N1CC23CC2N(C(=O)[C@H](CC(C)C)NC(=O)c2cc4cc(C)c(C)cc4[nH]2)C[C@@]13C.CC. The predicted molar refractivity (Wildman–Crippen MR) is 173 cm³/mol. The number of benzene rings is 2. The predicted octanol–water partition coefficient (Wildman–Crippen LogP) is 6.18. The Hall–Kier alpha value is -4.07. The number of likely N-dealkylation sites (tertiary alicyclic amines) is 2. The van der Waals surface area contributed by atoms with Crippen molar-refractivity contribution in [1.82, 2.24) is 30.1 Å². The van der Waals surface area contributed by atoms with E-state index in [4.69, 9.17) is 4.98 Å². The van der Waals surface area contributed by atoms with Crippen LogP contribution in [0.1, 0.15) is 74.9 Å². The molecule has 4 atom stereocenters. The van der Waals surface area contributed by atoms with Crippen molar-refractivity contribution < 1.29 is 9.59 Å². The quantitative estimate of drug-likeness (QED) is 0.243. The molecule has 7 rings (SSSR count). The summed E-state index contributed by atoms with van der Waals surface area (Å²) in [5.74, 6) is 0.804. The van der Waals surface area contributed by atoms with Crippen LogP contribution in [0, 0.1) is 25.2 Å². The van der Waals surface area contributed by atoms with Gasteiger partial charge in [0.05, 0.1) is 22.3 Å². The van der Waals surface area contributed by atoms with Crippen molar-refractivity contribution >= 4 is 39.4 Å². The minimum atomic E-state index is -0.580. The van der Waals surface area contributed by atoms with E-state index in [0.29, 0.717) is 18.7 Å². The van der Waals surface area contributed by atoms with Gasteiger partial charge in [-0.25, -0.2) is 4.98 Å².